The summed E-state index contributed by atoms with van der Waals surface area (Å²) in [6, 6.07) is 6.55. The number of aromatic carboxylic acids is 1. The molecular formula is C16H15ClF2N2O2. The molecule has 1 aromatic heterocycles. The SMILES string of the molecule is CC1CN(c2nc3cccc(Cl)c3cc2C(=O)O)CCC1(F)F. The topological polar surface area (TPSA) is 53.4 Å². The van der Waals surface area contributed by atoms with Crippen LogP contribution in [0.1, 0.15) is 23.7 Å². The van der Waals surface area contributed by atoms with Gasteiger partial charge in [0.15, 0.2) is 0 Å². The fraction of sp³-hybridized carbons (Fsp3) is 0.375. The van der Waals surface area contributed by atoms with Crippen molar-refractivity contribution >= 4 is 34.3 Å². The highest BCUT2D eigenvalue weighted by atomic mass is 35.5. The number of hydrogen-bond acceptors (Lipinski definition) is 3. The van der Waals surface area contributed by atoms with Crippen molar-refractivity contribution in [1.29, 1.82) is 0 Å². The molecule has 1 aromatic carbocycles. The molecule has 0 aliphatic carbocycles. The van der Waals surface area contributed by atoms with Gasteiger partial charge in [0.2, 0.25) is 0 Å². The smallest absolute Gasteiger partial charge is 0.339 e. The number of nitrogens with zero attached hydrogens (tertiary/aromatic N) is 2. The van der Waals surface area contributed by atoms with E-state index in [-0.39, 0.29) is 30.9 Å². The second kappa shape index (κ2) is 5.60. The first-order chi connectivity index (χ1) is 10.8. The van der Waals surface area contributed by atoms with Crippen molar-refractivity contribution in [3.8, 4) is 0 Å². The zero-order valence-corrected chi connectivity index (χ0v) is 13.1. The summed E-state index contributed by atoms with van der Waals surface area (Å²) in [6.07, 6.45) is -0.317. The molecule has 1 atom stereocenters. The molecule has 1 saturated heterocycles. The molecule has 0 saturated carbocycles. The first-order valence-electron chi connectivity index (χ1n) is 7.25. The van der Waals surface area contributed by atoms with Crippen LogP contribution in [0.25, 0.3) is 10.9 Å². The number of rotatable bonds is 2. The van der Waals surface area contributed by atoms with Gasteiger partial charge in [0.25, 0.3) is 5.92 Å². The van der Waals surface area contributed by atoms with E-state index in [1.54, 1.807) is 23.1 Å². The highest BCUT2D eigenvalue weighted by molar-refractivity contribution is 6.35. The first kappa shape index (κ1) is 15.9. The molecule has 1 unspecified atom stereocenters. The molecule has 2 heterocycles. The lowest BCUT2D eigenvalue weighted by Crippen LogP contribution is -2.46. The van der Waals surface area contributed by atoms with E-state index in [1.807, 2.05) is 0 Å². The molecule has 0 radical (unpaired) electrons. The number of piperidine rings is 1. The summed E-state index contributed by atoms with van der Waals surface area (Å²) in [5, 5.41) is 10.4. The molecule has 2 aromatic rings. The third-order valence-corrected chi connectivity index (χ3v) is 4.58. The van der Waals surface area contributed by atoms with Gasteiger partial charge in [-0.15, -0.1) is 0 Å². The van der Waals surface area contributed by atoms with Crippen molar-refractivity contribution in [3.63, 3.8) is 0 Å². The number of hydrogen-bond donors (Lipinski definition) is 1. The monoisotopic (exact) mass is 340 g/mol. The van der Waals surface area contributed by atoms with Gasteiger partial charge in [0.05, 0.1) is 5.52 Å². The number of alkyl halides is 2. The van der Waals surface area contributed by atoms with Gasteiger partial charge in [-0.3, -0.25) is 0 Å². The molecule has 7 heteroatoms. The average molecular weight is 341 g/mol. The van der Waals surface area contributed by atoms with Crippen LogP contribution in [0.15, 0.2) is 24.3 Å². The molecule has 1 fully saturated rings. The Kier molecular flexibility index (Phi) is 3.88. The van der Waals surface area contributed by atoms with E-state index in [4.69, 9.17) is 11.6 Å². The normalized spacial score (nSPS) is 20.7. The molecule has 1 aliphatic heterocycles. The lowest BCUT2D eigenvalue weighted by atomic mass is 9.95. The van der Waals surface area contributed by atoms with E-state index < -0.39 is 17.8 Å². The van der Waals surface area contributed by atoms with Crippen molar-refractivity contribution in [1.82, 2.24) is 4.98 Å². The number of pyridine rings is 1. The predicted octanol–water partition coefficient (Wildman–Crippen LogP) is 4.07. The zero-order valence-electron chi connectivity index (χ0n) is 12.4. The molecule has 0 amide bonds. The molecule has 1 N–H and O–H groups in total. The maximum absolute atomic E-state index is 13.7. The van der Waals surface area contributed by atoms with Crippen LogP contribution in [-0.4, -0.2) is 35.1 Å². The Balaban J connectivity index is 2.09. The van der Waals surface area contributed by atoms with Gasteiger partial charge in [0, 0.05) is 35.8 Å². The maximum atomic E-state index is 13.7. The van der Waals surface area contributed by atoms with Gasteiger partial charge < -0.3 is 10.0 Å². The zero-order chi connectivity index (χ0) is 16.8. The number of carboxylic acid groups (broad SMARTS) is 1. The Hall–Kier alpha value is -1.95. The molecule has 0 spiro atoms. The van der Waals surface area contributed by atoms with Gasteiger partial charge in [-0.05, 0) is 18.2 Å². The average Bonchev–Trinajstić information content (AvgIpc) is 2.49. The summed E-state index contributed by atoms with van der Waals surface area (Å²) in [5.74, 6) is -4.54. The molecule has 1 aliphatic rings. The Morgan fingerprint density at radius 2 is 2.22 bits per heavy atom. The van der Waals surface area contributed by atoms with Crippen LogP contribution in [-0.2, 0) is 0 Å². The van der Waals surface area contributed by atoms with Gasteiger partial charge in [-0.25, -0.2) is 18.6 Å². The summed E-state index contributed by atoms with van der Waals surface area (Å²) >= 11 is 6.09. The predicted molar refractivity (Wildman–Crippen MR) is 84.7 cm³/mol. The number of carbonyl (C=O) groups is 1. The molecular weight excluding hydrogens is 326 g/mol. The second-order valence-corrected chi connectivity index (χ2v) is 6.24. The highest BCUT2D eigenvalue weighted by Gasteiger charge is 2.42. The minimum absolute atomic E-state index is 0.0250. The lowest BCUT2D eigenvalue weighted by Gasteiger charge is -2.37. The fourth-order valence-electron chi connectivity index (χ4n) is 2.83. The van der Waals surface area contributed by atoms with E-state index >= 15 is 0 Å². The summed E-state index contributed by atoms with van der Waals surface area (Å²) in [4.78, 5) is 17.6. The number of anilines is 1. The van der Waals surface area contributed by atoms with Crippen LogP contribution in [0.2, 0.25) is 5.02 Å². The van der Waals surface area contributed by atoms with E-state index in [1.165, 1.54) is 13.0 Å². The largest absolute Gasteiger partial charge is 0.478 e. The van der Waals surface area contributed by atoms with Crippen LogP contribution in [0.5, 0.6) is 0 Å². The summed E-state index contributed by atoms with van der Waals surface area (Å²) in [6.45, 7) is 1.59. The number of aromatic nitrogens is 1. The third-order valence-electron chi connectivity index (χ3n) is 4.25. The quantitative estimate of drug-likeness (QED) is 0.895. The summed E-state index contributed by atoms with van der Waals surface area (Å²) in [5.41, 5.74) is 0.519. The summed E-state index contributed by atoms with van der Waals surface area (Å²) in [7, 11) is 0. The Bertz CT molecular complexity index is 782. The van der Waals surface area contributed by atoms with E-state index in [9.17, 15) is 18.7 Å². The number of halogens is 3. The van der Waals surface area contributed by atoms with Gasteiger partial charge in [-0.1, -0.05) is 24.6 Å². The third kappa shape index (κ3) is 2.83. The van der Waals surface area contributed by atoms with Crippen molar-refractivity contribution < 1.29 is 18.7 Å². The Morgan fingerprint density at radius 3 is 2.87 bits per heavy atom. The van der Waals surface area contributed by atoms with Crippen molar-refractivity contribution in [3.05, 3.63) is 34.9 Å². The fourth-order valence-corrected chi connectivity index (χ4v) is 3.05. The van der Waals surface area contributed by atoms with Crippen LogP contribution < -0.4 is 4.90 Å². The van der Waals surface area contributed by atoms with Crippen molar-refractivity contribution in [2.75, 3.05) is 18.0 Å². The lowest BCUT2D eigenvalue weighted by molar-refractivity contribution is -0.0652. The van der Waals surface area contributed by atoms with Crippen LogP contribution in [0, 0.1) is 5.92 Å². The standard InChI is InChI=1S/C16H15ClF2N2O2/c1-9-8-21(6-5-16(9,18)19)14-11(15(22)23)7-10-12(17)3-2-4-13(10)20-14/h2-4,7,9H,5-6,8H2,1H3,(H,22,23). The van der Waals surface area contributed by atoms with Crippen molar-refractivity contribution in [2.45, 2.75) is 19.3 Å². The maximum Gasteiger partial charge on any atom is 0.339 e. The molecule has 4 nitrogen and oxygen atoms in total. The first-order valence-corrected chi connectivity index (χ1v) is 7.63. The number of carboxylic acids is 1. The summed E-state index contributed by atoms with van der Waals surface area (Å²) < 4.78 is 27.3. The molecule has 0 bridgehead atoms. The minimum Gasteiger partial charge on any atom is -0.478 e. The Morgan fingerprint density at radius 1 is 1.48 bits per heavy atom. The van der Waals surface area contributed by atoms with Crippen LogP contribution >= 0.6 is 11.6 Å². The van der Waals surface area contributed by atoms with E-state index in [0.717, 1.165) is 0 Å². The number of benzene rings is 1. The van der Waals surface area contributed by atoms with Crippen LogP contribution in [0.3, 0.4) is 0 Å². The van der Waals surface area contributed by atoms with Crippen molar-refractivity contribution in [2.24, 2.45) is 5.92 Å². The molecule has 3 rings (SSSR count). The van der Waals surface area contributed by atoms with Crippen LogP contribution in [0.4, 0.5) is 14.6 Å². The Labute approximate surface area is 136 Å². The molecule has 122 valence electrons. The second-order valence-electron chi connectivity index (χ2n) is 5.83. The van der Waals surface area contributed by atoms with Gasteiger partial charge in [0.1, 0.15) is 11.4 Å². The van der Waals surface area contributed by atoms with E-state index in [0.29, 0.717) is 15.9 Å². The molecule has 23 heavy (non-hydrogen) atoms. The van der Waals surface area contributed by atoms with Gasteiger partial charge in [-0.2, -0.15) is 0 Å². The van der Waals surface area contributed by atoms with Gasteiger partial charge >= 0.3 is 5.97 Å². The number of fused-ring (bicyclic) bond motifs is 1. The highest BCUT2D eigenvalue weighted by Crippen LogP contribution is 2.36. The minimum atomic E-state index is -2.74. The van der Waals surface area contributed by atoms with E-state index in [2.05, 4.69) is 4.98 Å².